The second kappa shape index (κ2) is 4.67. The molecule has 0 atom stereocenters. The van der Waals surface area contributed by atoms with Crippen molar-refractivity contribution in [2.24, 2.45) is 0 Å². The maximum absolute atomic E-state index is 12.8. The third-order valence-corrected chi connectivity index (χ3v) is 4.77. The normalized spacial score (nSPS) is 15.0. The van der Waals surface area contributed by atoms with Crippen LogP contribution in [-0.4, -0.2) is 5.78 Å². The Morgan fingerprint density at radius 3 is 1.64 bits per heavy atom. The van der Waals surface area contributed by atoms with Crippen LogP contribution in [0.15, 0.2) is 78.9 Å². The molecule has 0 unspecified atom stereocenters. The predicted octanol–water partition coefficient (Wildman–Crippen LogP) is 4.59. The van der Waals surface area contributed by atoms with Gasteiger partial charge in [-0.15, -0.1) is 0 Å². The smallest absolute Gasteiger partial charge is 0.193 e. The van der Waals surface area contributed by atoms with Gasteiger partial charge in [-0.3, -0.25) is 4.79 Å². The zero-order valence-corrected chi connectivity index (χ0v) is 12.4. The van der Waals surface area contributed by atoms with Crippen molar-refractivity contribution in [3.05, 3.63) is 107 Å². The molecule has 0 radical (unpaired) electrons. The molecule has 106 valence electrons. The second-order valence-electron chi connectivity index (χ2n) is 5.91. The average Bonchev–Trinajstić information content (AvgIpc) is 2.60. The van der Waals surface area contributed by atoms with Gasteiger partial charge < -0.3 is 0 Å². The highest BCUT2D eigenvalue weighted by Crippen LogP contribution is 2.45. The van der Waals surface area contributed by atoms with E-state index in [-0.39, 0.29) is 11.2 Å². The van der Waals surface area contributed by atoms with Crippen LogP contribution in [0.3, 0.4) is 0 Å². The lowest BCUT2D eigenvalue weighted by Crippen LogP contribution is -2.34. The van der Waals surface area contributed by atoms with Gasteiger partial charge in [0.25, 0.3) is 0 Å². The van der Waals surface area contributed by atoms with Gasteiger partial charge in [-0.2, -0.15) is 0 Å². The van der Waals surface area contributed by atoms with Gasteiger partial charge >= 0.3 is 0 Å². The molecule has 1 nitrogen and oxygen atoms in total. The summed E-state index contributed by atoms with van der Waals surface area (Å²) >= 11 is 0. The highest BCUT2D eigenvalue weighted by molar-refractivity contribution is 6.13. The summed E-state index contributed by atoms with van der Waals surface area (Å²) in [5.74, 6) is 0.125. The Morgan fingerprint density at radius 2 is 1.09 bits per heavy atom. The van der Waals surface area contributed by atoms with Crippen LogP contribution in [0.4, 0.5) is 0 Å². The summed E-state index contributed by atoms with van der Waals surface area (Å²) in [6, 6.07) is 26.4. The number of hydrogen-bond donors (Lipinski definition) is 0. The predicted molar refractivity (Wildman–Crippen MR) is 88.3 cm³/mol. The van der Waals surface area contributed by atoms with E-state index in [2.05, 4.69) is 43.3 Å². The van der Waals surface area contributed by atoms with Crippen LogP contribution in [0, 0.1) is 0 Å². The largest absolute Gasteiger partial charge is 0.289 e. The van der Waals surface area contributed by atoms with Gasteiger partial charge in [0.05, 0.1) is 0 Å². The van der Waals surface area contributed by atoms with E-state index in [1.54, 1.807) is 0 Å². The molecule has 0 N–H and O–H groups in total. The Morgan fingerprint density at radius 1 is 0.636 bits per heavy atom. The molecule has 0 saturated carbocycles. The van der Waals surface area contributed by atoms with Crippen LogP contribution in [-0.2, 0) is 5.41 Å². The van der Waals surface area contributed by atoms with E-state index < -0.39 is 0 Å². The third kappa shape index (κ3) is 1.62. The van der Waals surface area contributed by atoms with Gasteiger partial charge in [-0.05, 0) is 23.6 Å². The van der Waals surface area contributed by atoms with E-state index in [9.17, 15) is 4.79 Å². The van der Waals surface area contributed by atoms with Crippen molar-refractivity contribution in [3.8, 4) is 0 Å². The fourth-order valence-electron chi connectivity index (χ4n) is 3.61. The zero-order valence-electron chi connectivity index (χ0n) is 12.4. The molecule has 22 heavy (non-hydrogen) atoms. The fraction of sp³-hybridized carbons (Fsp3) is 0.0952. The first kappa shape index (κ1) is 13.0. The quantitative estimate of drug-likeness (QED) is 0.639. The number of rotatable bonds is 1. The number of carbonyl (C=O) groups excluding carboxylic acids is 1. The number of carbonyl (C=O) groups is 1. The van der Waals surface area contributed by atoms with Crippen LogP contribution < -0.4 is 0 Å². The van der Waals surface area contributed by atoms with Gasteiger partial charge in [0.2, 0.25) is 0 Å². The zero-order chi connectivity index (χ0) is 15.2. The lowest BCUT2D eigenvalue weighted by atomic mass is 9.64. The third-order valence-electron chi connectivity index (χ3n) is 4.77. The summed E-state index contributed by atoms with van der Waals surface area (Å²) in [6.07, 6.45) is 0. The van der Waals surface area contributed by atoms with Gasteiger partial charge in [0, 0.05) is 16.5 Å². The summed E-state index contributed by atoms with van der Waals surface area (Å²) in [5, 5.41) is 0. The molecular formula is C21H16O. The standard InChI is InChI=1S/C21H16O/c1-21(15-9-3-2-4-10-15)18-13-7-5-11-16(18)20(22)17-12-6-8-14-19(17)21/h2-14H,1H3. The Balaban J connectivity index is 2.12. The van der Waals surface area contributed by atoms with Crippen LogP contribution in [0.1, 0.15) is 39.5 Å². The van der Waals surface area contributed by atoms with Gasteiger partial charge in [-0.25, -0.2) is 0 Å². The number of ketones is 1. The van der Waals surface area contributed by atoms with Crippen molar-refractivity contribution < 1.29 is 4.79 Å². The average molecular weight is 284 g/mol. The van der Waals surface area contributed by atoms with E-state index in [0.717, 1.165) is 22.3 Å². The molecule has 0 aromatic heterocycles. The molecule has 0 fully saturated rings. The van der Waals surface area contributed by atoms with Gasteiger partial charge in [0.15, 0.2) is 5.78 Å². The molecule has 3 aromatic carbocycles. The Kier molecular flexibility index (Phi) is 2.77. The van der Waals surface area contributed by atoms with Crippen molar-refractivity contribution >= 4 is 5.78 Å². The molecule has 0 aliphatic heterocycles. The topological polar surface area (TPSA) is 17.1 Å². The number of benzene rings is 3. The first-order valence-corrected chi connectivity index (χ1v) is 7.52. The molecule has 0 spiro atoms. The van der Waals surface area contributed by atoms with Crippen molar-refractivity contribution in [2.45, 2.75) is 12.3 Å². The molecule has 0 saturated heterocycles. The molecule has 4 rings (SSSR count). The van der Waals surface area contributed by atoms with Crippen molar-refractivity contribution in [1.82, 2.24) is 0 Å². The first-order valence-electron chi connectivity index (χ1n) is 7.52. The highest BCUT2D eigenvalue weighted by Gasteiger charge is 2.40. The number of hydrogen-bond acceptors (Lipinski definition) is 1. The molecule has 1 aliphatic carbocycles. The monoisotopic (exact) mass is 284 g/mol. The maximum atomic E-state index is 12.8. The molecule has 0 bridgehead atoms. The highest BCUT2D eigenvalue weighted by atomic mass is 16.1. The van der Waals surface area contributed by atoms with Crippen LogP contribution >= 0.6 is 0 Å². The lowest BCUT2D eigenvalue weighted by Gasteiger charge is -2.38. The molecule has 1 heteroatoms. The summed E-state index contributed by atoms with van der Waals surface area (Å²) in [6.45, 7) is 2.21. The van der Waals surface area contributed by atoms with Crippen LogP contribution in [0.2, 0.25) is 0 Å². The summed E-state index contributed by atoms with van der Waals surface area (Å²) in [7, 11) is 0. The van der Waals surface area contributed by atoms with Crippen molar-refractivity contribution in [1.29, 1.82) is 0 Å². The van der Waals surface area contributed by atoms with E-state index in [1.807, 2.05) is 42.5 Å². The molecule has 0 amide bonds. The lowest BCUT2D eigenvalue weighted by molar-refractivity contribution is 0.103. The molecular weight excluding hydrogens is 268 g/mol. The molecule has 0 heterocycles. The van der Waals surface area contributed by atoms with E-state index >= 15 is 0 Å². The first-order chi connectivity index (χ1) is 10.7. The SMILES string of the molecule is CC1(c2ccccc2)c2ccccc2C(=O)c2ccccc21. The van der Waals surface area contributed by atoms with Gasteiger partial charge in [0.1, 0.15) is 0 Å². The Bertz CT molecular complexity index is 812. The minimum Gasteiger partial charge on any atom is -0.289 e. The maximum Gasteiger partial charge on any atom is 0.193 e. The second-order valence-corrected chi connectivity index (χ2v) is 5.91. The van der Waals surface area contributed by atoms with Crippen LogP contribution in [0.5, 0.6) is 0 Å². The van der Waals surface area contributed by atoms with Crippen molar-refractivity contribution in [3.63, 3.8) is 0 Å². The fourth-order valence-corrected chi connectivity index (χ4v) is 3.61. The summed E-state index contributed by atoms with van der Waals surface area (Å²) in [5.41, 5.74) is 4.71. The van der Waals surface area contributed by atoms with Gasteiger partial charge in [-0.1, -0.05) is 78.9 Å². The molecule has 1 aliphatic rings. The minimum atomic E-state index is -0.303. The van der Waals surface area contributed by atoms with E-state index in [4.69, 9.17) is 0 Å². The summed E-state index contributed by atoms with van der Waals surface area (Å²) in [4.78, 5) is 12.8. The Labute approximate surface area is 130 Å². The summed E-state index contributed by atoms with van der Waals surface area (Å²) < 4.78 is 0. The number of fused-ring (bicyclic) bond motifs is 2. The molecule has 3 aromatic rings. The minimum absolute atomic E-state index is 0.125. The van der Waals surface area contributed by atoms with Crippen molar-refractivity contribution in [2.75, 3.05) is 0 Å². The Hall–Kier alpha value is -2.67. The van der Waals surface area contributed by atoms with E-state index in [1.165, 1.54) is 5.56 Å². The van der Waals surface area contributed by atoms with E-state index in [0.29, 0.717) is 0 Å². The van der Waals surface area contributed by atoms with Crippen LogP contribution in [0.25, 0.3) is 0 Å².